The number of carboxylic acids is 1. The standard InChI is InChI=1S/C6H10N2O6S/c9-5(10)4-2-1-3-8(4)6(11)14-7-15(12)13/h4,7H,1-3H2,(H,9,10)(H,12,13)/t4-/m0/s1. The van der Waals surface area contributed by atoms with Crippen LogP contribution >= 0.6 is 0 Å². The highest BCUT2D eigenvalue weighted by atomic mass is 32.2. The smallest absolute Gasteiger partial charge is 0.430 e. The molecule has 0 radical (unpaired) electrons. The molecule has 0 saturated carbocycles. The lowest BCUT2D eigenvalue weighted by Gasteiger charge is -2.19. The summed E-state index contributed by atoms with van der Waals surface area (Å²) in [4.78, 5) is 28.6. The van der Waals surface area contributed by atoms with E-state index in [4.69, 9.17) is 9.66 Å². The van der Waals surface area contributed by atoms with E-state index in [2.05, 4.69) is 4.84 Å². The summed E-state index contributed by atoms with van der Waals surface area (Å²) in [6.45, 7) is 0.259. The number of rotatable bonds is 3. The highest BCUT2D eigenvalue weighted by molar-refractivity contribution is 7.76. The Labute approximate surface area is 87.6 Å². The number of nitrogens with one attached hydrogen (secondary N) is 1. The molecule has 0 aromatic heterocycles. The third kappa shape index (κ3) is 3.15. The van der Waals surface area contributed by atoms with Crippen molar-refractivity contribution in [2.45, 2.75) is 18.9 Å². The van der Waals surface area contributed by atoms with Crippen LogP contribution in [0.15, 0.2) is 0 Å². The molecule has 9 heteroatoms. The van der Waals surface area contributed by atoms with Gasteiger partial charge in [-0.15, -0.1) is 0 Å². The molecule has 1 amide bonds. The summed E-state index contributed by atoms with van der Waals surface area (Å²) >= 11 is -2.48. The van der Waals surface area contributed by atoms with Crippen LogP contribution in [0.1, 0.15) is 12.8 Å². The average molecular weight is 238 g/mol. The van der Waals surface area contributed by atoms with E-state index in [9.17, 15) is 13.8 Å². The van der Waals surface area contributed by atoms with Crippen molar-refractivity contribution in [3.05, 3.63) is 0 Å². The Morgan fingerprint density at radius 1 is 1.53 bits per heavy atom. The maximum atomic E-state index is 11.2. The number of likely N-dealkylation sites (tertiary alicyclic amines) is 1. The highest BCUT2D eigenvalue weighted by Crippen LogP contribution is 2.17. The molecule has 1 aliphatic rings. The summed E-state index contributed by atoms with van der Waals surface area (Å²) in [7, 11) is 0. The van der Waals surface area contributed by atoms with Gasteiger partial charge in [-0.1, -0.05) is 0 Å². The first kappa shape index (κ1) is 11.9. The zero-order valence-electron chi connectivity index (χ0n) is 7.58. The molecule has 0 aromatic rings. The Morgan fingerprint density at radius 2 is 2.20 bits per heavy atom. The van der Waals surface area contributed by atoms with Crippen molar-refractivity contribution in [2.24, 2.45) is 0 Å². The second-order valence-corrected chi connectivity index (χ2v) is 3.56. The maximum absolute atomic E-state index is 11.2. The van der Waals surface area contributed by atoms with E-state index in [-0.39, 0.29) is 6.54 Å². The van der Waals surface area contributed by atoms with Crippen molar-refractivity contribution in [1.29, 1.82) is 0 Å². The van der Waals surface area contributed by atoms with Gasteiger partial charge in [-0.05, 0) is 17.7 Å². The van der Waals surface area contributed by atoms with Crippen LogP contribution in [0.5, 0.6) is 0 Å². The first-order chi connectivity index (χ1) is 7.02. The van der Waals surface area contributed by atoms with Crippen molar-refractivity contribution in [2.75, 3.05) is 6.54 Å². The fraction of sp³-hybridized carbons (Fsp3) is 0.667. The molecule has 1 unspecified atom stereocenters. The topological polar surface area (TPSA) is 116 Å². The van der Waals surface area contributed by atoms with Crippen LogP contribution in [0.2, 0.25) is 0 Å². The minimum absolute atomic E-state index is 0.259. The van der Waals surface area contributed by atoms with E-state index in [0.717, 1.165) is 4.90 Å². The molecule has 8 nitrogen and oxygen atoms in total. The summed E-state index contributed by atoms with van der Waals surface area (Å²) < 4.78 is 18.4. The number of aliphatic carboxylic acids is 1. The largest absolute Gasteiger partial charge is 0.480 e. The van der Waals surface area contributed by atoms with E-state index in [0.29, 0.717) is 12.8 Å². The quantitative estimate of drug-likeness (QED) is 0.443. The van der Waals surface area contributed by atoms with E-state index in [1.54, 1.807) is 0 Å². The summed E-state index contributed by atoms with van der Waals surface area (Å²) in [6.07, 6.45) is -0.0525. The lowest BCUT2D eigenvalue weighted by Crippen LogP contribution is -2.42. The second-order valence-electron chi connectivity index (χ2n) is 2.89. The van der Waals surface area contributed by atoms with Crippen molar-refractivity contribution in [3.8, 4) is 0 Å². The number of nitrogens with zero attached hydrogens (tertiary/aromatic N) is 1. The van der Waals surface area contributed by atoms with Gasteiger partial charge in [0.25, 0.3) is 11.3 Å². The first-order valence-corrected chi connectivity index (χ1v) is 5.20. The Morgan fingerprint density at radius 3 is 2.73 bits per heavy atom. The van der Waals surface area contributed by atoms with Crippen LogP contribution in [0.25, 0.3) is 0 Å². The molecule has 0 aromatic carbocycles. The predicted octanol–water partition coefficient (Wildman–Crippen LogP) is -0.687. The minimum Gasteiger partial charge on any atom is -0.480 e. The number of carboxylic acid groups (broad SMARTS) is 1. The molecule has 1 fully saturated rings. The third-order valence-electron chi connectivity index (χ3n) is 1.97. The number of amides is 1. The minimum atomic E-state index is -2.48. The van der Waals surface area contributed by atoms with Crippen LogP contribution in [-0.4, -0.2) is 43.4 Å². The van der Waals surface area contributed by atoms with Crippen LogP contribution in [-0.2, 0) is 20.9 Å². The summed E-state index contributed by atoms with van der Waals surface area (Å²) in [6, 6.07) is -0.925. The van der Waals surface area contributed by atoms with Gasteiger partial charge in [-0.25, -0.2) is 13.8 Å². The van der Waals surface area contributed by atoms with Crippen LogP contribution in [0.3, 0.4) is 0 Å². The summed E-state index contributed by atoms with van der Waals surface area (Å²) in [5, 5.41) is 8.73. The van der Waals surface area contributed by atoms with E-state index in [1.807, 2.05) is 0 Å². The van der Waals surface area contributed by atoms with Gasteiger partial charge in [-0.3, -0.25) is 9.45 Å². The zero-order valence-corrected chi connectivity index (χ0v) is 8.40. The molecular formula is C6H10N2O6S. The maximum Gasteiger partial charge on any atom is 0.430 e. The van der Waals surface area contributed by atoms with Gasteiger partial charge in [0.05, 0.1) is 0 Å². The molecule has 0 spiro atoms. The van der Waals surface area contributed by atoms with Gasteiger partial charge in [0.1, 0.15) is 6.04 Å². The number of carbonyl (C=O) groups excluding carboxylic acids is 1. The van der Waals surface area contributed by atoms with Crippen LogP contribution < -0.4 is 4.89 Å². The molecule has 0 bridgehead atoms. The molecule has 1 aliphatic heterocycles. The molecule has 1 rings (SSSR count). The normalized spacial score (nSPS) is 22.5. The highest BCUT2D eigenvalue weighted by Gasteiger charge is 2.35. The third-order valence-corrected chi connectivity index (χ3v) is 2.20. The lowest BCUT2D eigenvalue weighted by atomic mass is 10.2. The second kappa shape index (κ2) is 5.05. The molecule has 1 heterocycles. The van der Waals surface area contributed by atoms with Crippen molar-refractivity contribution in [3.63, 3.8) is 0 Å². The SMILES string of the molecule is O=C(O)[C@@H]1CCCN1C(=O)ONS(=O)O. The lowest BCUT2D eigenvalue weighted by molar-refractivity contribution is -0.141. The Bertz CT molecular complexity index is 295. The van der Waals surface area contributed by atoms with E-state index < -0.39 is 29.4 Å². The van der Waals surface area contributed by atoms with Gasteiger partial charge >= 0.3 is 12.1 Å². The number of hydrogen-bond acceptors (Lipinski definition) is 4. The van der Waals surface area contributed by atoms with E-state index >= 15 is 0 Å². The first-order valence-electron chi connectivity index (χ1n) is 4.09. The number of hydrogen-bond donors (Lipinski definition) is 3. The van der Waals surface area contributed by atoms with Crippen molar-refractivity contribution in [1.82, 2.24) is 9.79 Å². The number of carbonyl (C=O) groups is 2. The predicted molar refractivity (Wildman–Crippen MR) is 47.8 cm³/mol. The van der Waals surface area contributed by atoms with Crippen LogP contribution in [0.4, 0.5) is 4.79 Å². The fourth-order valence-corrected chi connectivity index (χ4v) is 1.51. The zero-order chi connectivity index (χ0) is 11.4. The molecule has 86 valence electrons. The van der Waals surface area contributed by atoms with Gasteiger partial charge in [0.2, 0.25) is 0 Å². The molecule has 0 aliphatic carbocycles. The van der Waals surface area contributed by atoms with Crippen molar-refractivity contribution < 1.29 is 28.3 Å². The molecular weight excluding hydrogens is 228 g/mol. The fourth-order valence-electron chi connectivity index (χ4n) is 1.37. The average Bonchev–Trinajstić information content (AvgIpc) is 2.62. The Kier molecular flexibility index (Phi) is 4.00. The van der Waals surface area contributed by atoms with E-state index in [1.165, 1.54) is 4.89 Å². The van der Waals surface area contributed by atoms with Gasteiger partial charge in [-0.2, -0.15) is 0 Å². The van der Waals surface area contributed by atoms with Gasteiger partial charge in [0.15, 0.2) is 0 Å². The van der Waals surface area contributed by atoms with Gasteiger partial charge < -0.3 is 9.94 Å². The Balaban J connectivity index is 2.51. The Hall–Kier alpha value is -1.19. The summed E-state index contributed by atoms with van der Waals surface area (Å²) in [5.41, 5.74) is 0. The monoisotopic (exact) mass is 238 g/mol. The molecule has 2 atom stereocenters. The molecule has 3 N–H and O–H groups in total. The van der Waals surface area contributed by atoms with Crippen molar-refractivity contribution >= 4 is 23.3 Å². The summed E-state index contributed by atoms with van der Waals surface area (Å²) in [5.74, 6) is -1.12. The molecule has 1 saturated heterocycles. The molecule has 15 heavy (non-hydrogen) atoms. The van der Waals surface area contributed by atoms with Crippen LogP contribution in [0, 0.1) is 0 Å². The van der Waals surface area contributed by atoms with Gasteiger partial charge in [0, 0.05) is 6.54 Å².